The summed E-state index contributed by atoms with van der Waals surface area (Å²) in [7, 11) is 0. The van der Waals surface area contributed by atoms with Gasteiger partial charge in [-0.05, 0) is 33.6 Å². The second-order valence-electron chi connectivity index (χ2n) is 6.32. The quantitative estimate of drug-likeness (QED) is 0.715. The van der Waals surface area contributed by atoms with Gasteiger partial charge in [-0.1, -0.05) is 0 Å². The molecule has 0 aliphatic carbocycles. The predicted molar refractivity (Wildman–Crippen MR) is 66.3 cm³/mol. The molecule has 5 heteroatoms. The third kappa shape index (κ3) is 3.14. The molecule has 2 heterocycles. The summed E-state index contributed by atoms with van der Waals surface area (Å²) in [4.78, 5) is 13.6. The highest BCUT2D eigenvalue weighted by molar-refractivity contribution is 5.68. The van der Waals surface area contributed by atoms with Crippen molar-refractivity contribution in [1.82, 2.24) is 4.90 Å². The molecule has 1 atom stereocenters. The smallest absolute Gasteiger partial charge is 0.410 e. The predicted octanol–water partition coefficient (Wildman–Crippen LogP) is 1.54. The van der Waals surface area contributed by atoms with Crippen LogP contribution in [0.25, 0.3) is 0 Å². The highest BCUT2D eigenvalue weighted by Gasteiger charge is 2.43. The fourth-order valence-electron chi connectivity index (χ4n) is 2.59. The molecule has 0 saturated carbocycles. The molecule has 104 valence electrons. The van der Waals surface area contributed by atoms with Crippen LogP contribution in [0.5, 0.6) is 0 Å². The minimum Gasteiger partial charge on any atom is -0.444 e. The number of aliphatic hydroxyl groups excluding tert-OH is 1. The number of nitrogens with zero attached hydrogens (tertiary/aromatic N) is 1. The first-order valence-electron chi connectivity index (χ1n) is 6.60. The lowest BCUT2D eigenvalue weighted by atomic mass is 9.88. The molecule has 1 N–H and O–H groups in total. The van der Waals surface area contributed by atoms with E-state index >= 15 is 0 Å². The largest absolute Gasteiger partial charge is 0.444 e. The van der Waals surface area contributed by atoms with Crippen molar-refractivity contribution in [2.45, 2.75) is 57.3 Å². The Balaban J connectivity index is 1.85. The van der Waals surface area contributed by atoms with Gasteiger partial charge in [-0.15, -0.1) is 0 Å². The van der Waals surface area contributed by atoms with Crippen LogP contribution in [0.2, 0.25) is 0 Å². The Morgan fingerprint density at radius 1 is 1.39 bits per heavy atom. The number of ether oxygens (including phenoxy) is 2. The minimum atomic E-state index is -0.452. The lowest BCUT2D eigenvalue weighted by Crippen LogP contribution is -2.48. The van der Waals surface area contributed by atoms with E-state index < -0.39 is 5.60 Å². The van der Waals surface area contributed by atoms with Crippen LogP contribution in [-0.2, 0) is 9.47 Å². The van der Waals surface area contributed by atoms with E-state index in [0.29, 0.717) is 26.1 Å². The van der Waals surface area contributed by atoms with Gasteiger partial charge in [0, 0.05) is 19.5 Å². The summed E-state index contributed by atoms with van der Waals surface area (Å²) in [5, 5.41) is 9.54. The summed E-state index contributed by atoms with van der Waals surface area (Å²) in [6.45, 7) is 7.31. The van der Waals surface area contributed by atoms with Crippen molar-refractivity contribution in [2.75, 3.05) is 19.7 Å². The van der Waals surface area contributed by atoms with Gasteiger partial charge in [0.2, 0.25) is 0 Å². The molecule has 0 bridgehead atoms. The van der Waals surface area contributed by atoms with E-state index in [9.17, 15) is 9.90 Å². The molecule has 1 amide bonds. The molecule has 5 nitrogen and oxygen atoms in total. The molecule has 0 aromatic rings. The molecule has 0 radical (unpaired) electrons. The van der Waals surface area contributed by atoms with Crippen molar-refractivity contribution < 1.29 is 19.4 Å². The van der Waals surface area contributed by atoms with Crippen LogP contribution in [-0.4, -0.2) is 53.1 Å². The monoisotopic (exact) mass is 257 g/mol. The number of hydrogen-bond acceptors (Lipinski definition) is 4. The van der Waals surface area contributed by atoms with Gasteiger partial charge in [0.1, 0.15) is 5.60 Å². The molecule has 2 rings (SSSR count). The number of hydrogen-bond donors (Lipinski definition) is 1. The van der Waals surface area contributed by atoms with E-state index in [4.69, 9.17) is 9.47 Å². The number of carbonyl (C=O) groups is 1. The third-order valence-corrected chi connectivity index (χ3v) is 3.52. The average Bonchev–Trinajstić information content (AvgIpc) is 2.58. The standard InChI is InChI=1S/C13H23NO4/c1-12(2,3)18-11(16)14-6-4-13(5-7-14)8-10(15)9-17-13/h10,15H,4-9H2,1-3H3. The maximum atomic E-state index is 11.9. The Morgan fingerprint density at radius 3 is 2.44 bits per heavy atom. The Hall–Kier alpha value is -0.810. The third-order valence-electron chi connectivity index (χ3n) is 3.52. The van der Waals surface area contributed by atoms with Crippen molar-refractivity contribution >= 4 is 6.09 Å². The number of piperidine rings is 1. The molecule has 2 aliphatic rings. The van der Waals surface area contributed by atoms with Crippen LogP contribution in [0, 0.1) is 0 Å². The Labute approximate surface area is 108 Å². The van der Waals surface area contributed by atoms with Crippen LogP contribution in [0.3, 0.4) is 0 Å². The maximum absolute atomic E-state index is 11.9. The molecule has 2 saturated heterocycles. The SMILES string of the molecule is CC(C)(C)OC(=O)N1CCC2(CC1)CC(O)CO2. The molecule has 1 unspecified atom stereocenters. The molecular formula is C13H23NO4. The van der Waals surface area contributed by atoms with Crippen molar-refractivity contribution in [2.24, 2.45) is 0 Å². The number of aliphatic hydroxyl groups is 1. The summed E-state index contributed by atoms with van der Waals surface area (Å²) in [5.74, 6) is 0. The molecule has 0 aromatic heterocycles. The first-order valence-corrected chi connectivity index (χ1v) is 6.60. The zero-order valence-corrected chi connectivity index (χ0v) is 11.4. The van der Waals surface area contributed by atoms with Crippen LogP contribution in [0.4, 0.5) is 4.79 Å². The van der Waals surface area contributed by atoms with Gasteiger partial charge in [0.25, 0.3) is 0 Å². The highest BCUT2D eigenvalue weighted by atomic mass is 16.6. The van der Waals surface area contributed by atoms with Crippen molar-refractivity contribution in [1.29, 1.82) is 0 Å². The molecule has 1 spiro atoms. The summed E-state index contributed by atoms with van der Waals surface area (Å²) in [6, 6.07) is 0. The van der Waals surface area contributed by atoms with Gasteiger partial charge in [-0.3, -0.25) is 0 Å². The summed E-state index contributed by atoms with van der Waals surface area (Å²) in [5.41, 5.74) is -0.663. The van der Waals surface area contributed by atoms with E-state index in [0.717, 1.165) is 12.8 Å². The van der Waals surface area contributed by atoms with Crippen molar-refractivity contribution in [3.63, 3.8) is 0 Å². The topological polar surface area (TPSA) is 59.0 Å². The zero-order valence-electron chi connectivity index (χ0n) is 11.4. The summed E-state index contributed by atoms with van der Waals surface area (Å²) < 4.78 is 11.0. The number of rotatable bonds is 0. The Morgan fingerprint density at radius 2 is 2.00 bits per heavy atom. The number of likely N-dealkylation sites (tertiary alicyclic amines) is 1. The van der Waals surface area contributed by atoms with E-state index in [-0.39, 0.29) is 17.8 Å². The van der Waals surface area contributed by atoms with E-state index in [1.807, 2.05) is 20.8 Å². The van der Waals surface area contributed by atoms with E-state index in [1.54, 1.807) is 4.90 Å². The molecule has 0 aromatic carbocycles. The van der Waals surface area contributed by atoms with Crippen molar-refractivity contribution in [3.05, 3.63) is 0 Å². The minimum absolute atomic E-state index is 0.210. The number of carbonyl (C=O) groups excluding carboxylic acids is 1. The Bertz CT molecular complexity index is 315. The summed E-state index contributed by atoms with van der Waals surface area (Å²) >= 11 is 0. The first-order chi connectivity index (χ1) is 8.30. The number of amides is 1. The van der Waals surface area contributed by atoms with Crippen LogP contribution in [0.1, 0.15) is 40.0 Å². The highest BCUT2D eigenvalue weighted by Crippen LogP contribution is 2.36. The molecule has 18 heavy (non-hydrogen) atoms. The van der Waals surface area contributed by atoms with Crippen molar-refractivity contribution in [3.8, 4) is 0 Å². The zero-order chi connectivity index (χ0) is 13.4. The average molecular weight is 257 g/mol. The Kier molecular flexibility index (Phi) is 3.56. The maximum Gasteiger partial charge on any atom is 0.410 e. The molecular weight excluding hydrogens is 234 g/mol. The van der Waals surface area contributed by atoms with Gasteiger partial charge in [0.05, 0.1) is 18.3 Å². The molecule has 2 fully saturated rings. The van der Waals surface area contributed by atoms with E-state index in [2.05, 4.69) is 0 Å². The normalized spacial score (nSPS) is 27.6. The lowest BCUT2D eigenvalue weighted by molar-refractivity contribution is -0.0491. The first kappa shape index (κ1) is 13.6. The fourth-order valence-corrected chi connectivity index (χ4v) is 2.59. The van der Waals surface area contributed by atoms with Gasteiger partial charge >= 0.3 is 6.09 Å². The van der Waals surface area contributed by atoms with Gasteiger partial charge in [0.15, 0.2) is 0 Å². The van der Waals surface area contributed by atoms with Gasteiger partial charge < -0.3 is 19.5 Å². The second kappa shape index (κ2) is 4.70. The lowest BCUT2D eigenvalue weighted by Gasteiger charge is -2.38. The second-order valence-corrected chi connectivity index (χ2v) is 6.32. The van der Waals surface area contributed by atoms with Gasteiger partial charge in [-0.2, -0.15) is 0 Å². The van der Waals surface area contributed by atoms with Crippen LogP contribution < -0.4 is 0 Å². The van der Waals surface area contributed by atoms with Crippen LogP contribution in [0.15, 0.2) is 0 Å². The van der Waals surface area contributed by atoms with Crippen LogP contribution >= 0.6 is 0 Å². The molecule has 2 aliphatic heterocycles. The van der Waals surface area contributed by atoms with E-state index in [1.165, 1.54) is 0 Å². The summed E-state index contributed by atoms with van der Waals surface area (Å²) in [6.07, 6.45) is 1.65. The van der Waals surface area contributed by atoms with Gasteiger partial charge in [-0.25, -0.2) is 4.79 Å². The fraction of sp³-hybridized carbons (Fsp3) is 0.923.